The molecule has 1 aliphatic carbocycles. The first-order chi connectivity index (χ1) is 25.0. The Labute approximate surface area is 297 Å². The zero-order valence-electron chi connectivity index (χ0n) is 28.4. The summed E-state index contributed by atoms with van der Waals surface area (Å²) in [6, 6.07) is 58.5. The second-order valence-electron chi connectivity index (χ2n) is 14.1. The molecule has 1 aromatic heterocycles. The van der Waals surface area contributed by atoms with Crippen molar-refractivity contribution in [1.29, 1.82) is 0 Å². The maximum absolute atomic E-state index is 5.31. The fraction of sp³-hybridized carbons (Fsp3) is 0.0625. The van der Waals surface area contributed by atoms with E-state index >= 15 is 0 Å². The highest BCUT2D eigenvalue weighted by atomic mass is 15.0. The van der Waals surface area contributed by atoms with E-state index in [0.717, 1.165) is 38.4 Å². The minimum Gasteiger partial charge on any atom is -0.208 e. The van der Waals surface area contributed by atoms with Crippen LogP contribution in [0.25, 0.3) is 88.7 Å². The zero-order chi connectivity index (χ0) is 34.1. The molecule has 9 aromatic rings. The summed E-state index contributed by atoms with van der Waals surface area (Å²) in [7, 11) is 0. The van der Waals surface area contributed by atoms with Crippen LogP contribution in [0.4, 0.5) is 0 Å². The molecule has 0 unspecified atom stereocenters. The molecular formula is C48H33N3. The number of nitrogens with zero attached hydrogens (tertiary/aromatic N) is 3. The molecule has 240 valence electrons. The highest BCUT2D eigenvalue weighted by Crippen LogP contribution is 2.53. The first-order valence-electron chi connectivity index (χ1n) is 17.5. The summed E-state index contributed by atoms with van der Waals surface area (Å²) in [5.74, 6) is 1.95. The van der Waals surface area contributed by atoms with Gasteiger partial charge in [-0.25, -0.2) is 15.0 Å². The molecule has 8 aromatic carbocycles. The molecule has 0 saturated carbocycles. The van der Waals surface area contributed by atoms with Gasteiger partial charge in [-0.05, 0) is 90.0 Å². The first-order valence-corrected chi connectivity index (χ1v) is 17.5. The van der Waals surface area contributed by atoms with Crippen molar-refractivity contribution < 1.29 is 0 Å². The molecule has 0 atom stereocenters. The van der Waals surface area contributed by atoms with Gasteiger partial charge in [0.1, 0.15) is 0 Å². The van der Waals surface area contributed by atoms with E-state index in [0.29, 0.717) is 17.5 Å². The van der Waals surface area contributed by atoms with Crippen molar-refractivity contribution >= 4 is 32.3 Å². The Hall–Kier alpha value is -6.45. The monoisotopic (exact) mass is 651 g/mol. The van der Waals surface area contributed by atoms with E-state index in [-0.39, 0.29) is 5.41 Å². The van der Waals surface area contributed by atoms with Crippen molar-refractivity contribution in [2.24, 2.45) is 0 Å². The smallest absolute Gasteiger partial charge is 0.164 e. The largest absolute Gasteiger partial charge is 0.208 e. The van der Waals surface area contributed by atoms with E-state index in [9.17, 15) is 0 Å². The summed E-state index contributed by atoms with van der Waals surface area (Å²) >= 11 is 0. The van der Waals surface area contributed by atoms with Gasteiger partial charge in [0.15, 0.2) is 17.5 Å². The summed E-state index contributed by atoms with van der Waals surface area (Å²) in [5.41, 5.74) is 10.3. The third-order valence-electron chi connectivity index (χ3n) is 10.7. The third kappa shape index (κ3) is 4.77. The van der Waals surface area contributed by atoms with Crippen molar-refractivity contribution in [2.45, 2.75) is 19.3 Å². The first kappa shape index (κ1) is 29.5. The van der Waals surface area contributed by atoms with Crippen molar-refractivity contribution in [2.75, 3.05) is 0 Å². The fourth-order valence-corrected chi connectivity index (χ4v) is 8.04. The van der Waals surface area contributed by atoms with E-state index in [4.69, 9.17) is 15.0 Å². The lowest BCUT2D eigenvalue weighted by Gasteiger charge is -2.22. The summed E-state index contributed by atoms with van der Waals surface area (Å²) in [4.78, 5) is 15.8. The lowest BCUT2D eigenvalue weighted by atomic mass is 9.81. The Morgan fingerprint density at radius 3 is 1.39 bits per heavy atom. The molecule has 0 saturated heterocycles. The highest BCUT2D eigenvalue weighted by Gasteiger charge is 2.37. The van der Waals surface area contributed by atoms with Crippen LogP contribution in [0.1, 0.15) is 25.0 Å². The highest BCUT2D eigenvalue weighted by molar-refractivity contribution is 6.01. The number of aromatic nitrogens is 3. The van der Waals surface area contributed by atoms with Crippen molar-refractivity contribution in [3.8, 4) is 56.4 Å². The van der Waals surface area contributed by atoms with Gasteiger partial charge in [0.25, 0.3) is 0 Å². The molecule has 51 heavy (non-hydrogen) atoms. The SMILES string of the molecule is CC1(C)c2ccccc2-c2c(-c3cc4ccccc4cc3-c3nc(-c4ccc5ccccc5c4)nc(-c4ccc5ccccc5c4)n3)cccc21. The van der Waals surface area contributed by atoms with Gasteiger partial charge in [0, 0.05) is 22.1 Å². The predicted octanol–water partition coefficient (Wildman–Crippen LogP) is 12.3. The van der Waals surface area contributed by atoms with Gasteiger partial charge in [-0.2, -0.15) is 0 Å². The van der Waals surface area contributed by atoms with Crippen LogP contribution < -0.4 is 0 Å². The summed E-state index contributed by atoms with van der Waals surface area (Å²) in [6.45, 7) is 4.67. The molecule has 0 fully saturated rings. The number of hydrogen-bond donors (Lipinski definition) is 0. The van der Waals surface area contributed by atoms with Gasteiger partial charge in [-0.1, -0.05) is 153 Å². The Balaban J connectivity index is 1.26. The average Bonchev–Trinajstić information content (AvgIpc) is 3.43. The maximum atomic E-state index is 5.31. The number of benzene rings is 8. The second kappa shape index (κ2) is 11.3. The predicted molar refractivity (Wildman–Crippen MR) is 212 cm³/mol. The summed E-state index contributed by atoms with van der Waals surface area (Å²) in [5, 5.41) is 6.99. The number of hydrogen-bond acceptors (Lipinski definition) is 3. The van der Waals surface area contributed by atoms with Crippen LogP contribution in [0, 0.1) is 0 Å². The molecule has 0 radical (unpaired) electrons. The number of rotatable bonds is 4. The normalized spacial score (nSPS) is 13.1. The van der Waals surface area contributed by atoms with E-state index in [1.54, 1.807) is 0 Å². The van der Waals surface area contributed by atoms with Crippen LogP contribution in [-0.4, -0.2) is 15.0 Å². The second-order valence-corrected chi connectivity index (χ2v) is 14.1. The Kier molecular flexibility index (Phi) is 6.53. The third-order valence-corrected chi connectivity index (χ3v) is 10.7. The molecular weight excluding hydrogens is 619 g/mol. The van der Waals surface area contributed by atoms with Crippen LogP contribution in [0.2, 0.25) is 0 Å². The van der Waals surface area contributed by atoms with Crippen molar-refractivity contribution in [1.82, 2.24) is 15.0 Å². The minimum absolute atomic E-state index is 0.112. The fourth-order valence-electron chi connectivity index (χ4n) is 8.04. The molecule has 1 heterocycles. The Bertz CT molecular complexity index is 2750. The summed E-state index contributed by atoms with van der Waals surface area (Å²) in [6.07, 6.45) is 0. The standard InChI is InChI=1S/C48H33N3/c1-48(2)42-20-10-9-18-39(42)44-38(19-11-21-43(44)48)40-28-34-16-7-8-17-35(34)29-41(40)47-50-45(36-24-22-30-12-3-5-14-32(30)26-36)49-46(51-47)37-25-23-31-13-4-6-15-33(31)27-37/h3-29H,1-2H3. The van der Waals surface area contributed by atoms with Crippen LogP contribution in [0.5, 0.6) is 0 Å². The molecule has 0 N–H and O–H groups in total. The van der Waals surface area contributed by atoms with Crippen molar-refractivity contribution in [3.05, 3.63) is 175 Å². The molecule has 0 aliphatic heterocycles. The van der Waals surface area contributed by atoms with E-state index < -0.39 is 0 Å². The average molecular weight is 652 g/mol. The van der Waals surface area contributed by atoms with Gasteiger partial charge in [0.2, 0.25) is 0 Å². The van der Waals surface area contributed by atoms with E-state index in [2.05, 4.69) is 178 Å². The minimum atomic E-state index is -0.112. The zero-order valence-corrected chi connectivity index (χ0v) is 28.4. The quantitative estimate of drug-likeness (QED) is 0.190. The lowest BCUT2D eigenvalue weighted by Crippen LogP contribution is -2.14. The van der Waals surface area contributed by atoms with E-state index in [1.165, 1.54) is 44.0 Å². The topological polar surface area (TPSA) is 38.7 Å². The molecule has 10 rings (SSSR count). The number of fused-ring (bicyclic) bond motifs is 6. The molecule has 0 bridgehead atoms. The van der Waals surface area contributed by atoms with E-state index in [1.807, 2.05) is 0 Å². The molecule has 1 aliphatic rings. The Morgan fingerprint density at radius 1 is 0.333 bits per heavy atom. The molecule has 0 spiro atoms. The van der Waals surface area contributed by atoms with Gasteiger partial charge in [-0.3, -0.25) is 0 Å². The Morgan fingerprint density at radius 2 is 0.784 bits per heavy atom. The van der Waals surface area contributed by atoms with Crippen LogP contribution in [0.15, 0.2) is 164 Å². The van der Waals surface area contributed by atoms with Crippen LogP contribution in [-0.2, 0) is 5.41 Å². The molecule has 3 nitrogen and oxygen atoms in total. The molecule has 0 amide bonds. The van der Waals surface area contributed by atoms with Gasteiger partial charge < -0.3 is 0 Å². The van der Waals surface area contributed by atoms with Crippen molar-refractivity contribution in [3.63, 3.8) is 0 Å². The van der Waals surface area contributed by atoms with Crippen LogP contribution >= 0.6 is 0 Å². The van der Waals surface area contributed by atoms with Crippen LogP contribution in [0.3, 0.4) is 0 Å². The molecule has 3 heteroatoms. The van der Waals surface area contributed by atoms with Gasteiger partial charge in [0.05, 0.1) is 0 Å². The lowest BCUT2D eigenvalue weighted by molar-refractivity contribution is 0.660. The maximum Gasteiger partial charge on any atom is 0.164 e. The van der Waals surface area contributed by atoms with Gasteiger partial charge >= 0.3 is 0 Å². The summed E-state index contributed by atoms with van der Waals surface area (Å²) < 4.78 is 0. The van der Waals surface area contributed by atoms with Gasteiger partial charge in [-0.15, -0.1) is 0 Å².